The largest absolute Gasteiger partial charge is 0.306 e. The normalized spacial score (nSPS) is 12.7. The van der Waals surface area contributed by atoms with Crippen molar-refractivity contribution in [2.45, 2.75) is 19.5 Å². The second-order valence-corrected chi connectivity index (χ2v) is 5.83. The summed E-state index contributed by atoms with van der Waals surface area (Å²) in [7, 11) is 0. The lowest BCUT2D eigenvalue weighted by molar-refractivity contribution is 0.567. The second-order valence-electron chi connectivity index (χ2n) is 4.91. The average Bonchev–Trinajstić information content (AvgIpc) is 2.88. The van der Waals surface area contributed by atoms with Crippen molar-refractivity contribution in [3.05, 3.63) is 70.9 Å². The number of benzene rings is 2. The molecular weight excluding hydrogens is 269 g/mol. The molecule has 0 aliphatic carbocycles. The standard InChI is InChI=1S/C17H16FNS/c1-12(13-5-4-6-15(18)9-13)19-10-14-11-20-17-8-3-2-7-16(14)17/h2-9,11-12,19H,10H2,1H3/t12-/m1/s1. The van der Waals surface area contributed by atoms with Crippen LogP contribution in [0.2, 0.25) is 0 Å². The molecule has 3 heteroatoms. The van der Waals surface area contributed by atoms with Gasteiger partial charge in [-0.15, -0.1) is 11.3 Å². The first-order valence-electron chi connectivity index (χ1n) is 6.68. The fourth-order valence-corrected chi connectivity index (χ4v) is 3.29. The molecule has 0 amide bonds. The Labute approximate surface area is 122 Å². The van der Waals surface area contributed by atoms with Gasteiger partial charge in [0.05, 0.1) is 0 Å². The Hall–Kier alpha value is -1.71. The Morgan fingerprint density at radius 3 is 2.85 bits per heavy atom. The molecule has 0 unspecified atom stereocenters. The van der Waals surface area contributed by atoms with Crippen molar-refractivity contribution in [2.75, 3.05) is 0 Å². The highest BCUT2D eigenvalue weighted by molar-refractivity contribution is 7.17. The maximum Gasteiger partial charge on any atom is 0.123 e. The minimum Gasteiger partial charge on any atom is -0.306 e. The van der Waals surface area contributed by atoms with Gasteiger partial charge < -0.3 is 5.32 Å². The van der Waals surface area contributed by atoms with E-state index in [0.717, 1.165) is 12.1 Å². The predicted octanol–water partition coefficient (Wildman–Crippen LogP) is 4.89. The fourth-order valence-electron chi connectivity index (χ4n) is 2.33. The van der Waals surface area contributed by atoms with E-state index in [1.54, 1.807) is 23.5 Å². The van der Waals surface area contributed by atoms with Gasteiger partial charge in [-0.05, 0) is 47.0 Å². The number of hydrogen-bond donors (Lipinski definition) is 1. The molecule has 0 aliphatic rings. The SMILES string of the molecule is C[C@@H](NCc1csc2ccccc12)c1cccc(F)c1. The predicted molar refractivity (Wildman–Crippen MR) is 83.5 cm³/mol. The highest BCUT2D eigenvalue weighted by Crippen LogP contribution is 2.26. The third kappa shape index (κ3) is 2.74. The molecule has 2 aromatic carbocycles. The molecule has 3 rings (SSSR count). The maximum absolute atomic E-state index is 13.2. The Bertz CT molecular complexity index is 720. The molecule has 1 heterocycles. The number of hydrogen-bond acceptors (Lipinski definition) is 2. The molecule has 0 spiro atoms. The van der Waals surface area contributed by atoms with Crippen LogP contribution in [0.15, 0.2) is 53.9 Å². The second kappa shape index (κ2) is 5.73. The summed E-state index contributed by atoms with van der Waals surface area (Å²) < 4.78 is 14.5. The summed E-state index contributed by atoms with van der Waals surface area (Å²) in [6, 6.07) is 15.3. The quantitative estimate of drug-likeness (QED) is 0.719. The summed E-state index contributed by atoms with van der Waals surface area (Å²) in [6.07, 6.45) is 0. The lowest BCUT2D eigenvalue weighted by atomic mass is 10.1. The van der Waals surface area contributed by atoms with E-state index in [-0.39, 0.29) is 11.9 Å². The number of halogens is 1. The Morgan fingerprint density at radius 1 is 1.15 bits per heavy atom. The van der Waals surface area contributed by atoms with E-state index >= 15 is 0 Å². The number of rotatable bonds is 4. The van der Waals surface area contributed by atoms with Gasteiger partial charge in [0, 0.05) is 17.3 Å². The zero-order valence-electron chi connectivity index (χ0n) is 11.3. The van der Waals surface area contributed by atoms with E-state index in [1.165, 1.54) is 21.7 Å². The van der Waals surface area contributed by atoms with Gasteiger partial charge in [0.2, 0.25) is 0 Å². The van der Waals surface area contributed by atoms with Crippen molar-refractivity contribution >= 4 is 21.4 Å². The smallest absolute Gasteiger partial charge is 0.123 e. The molecule has 1 nitrogen and oxygen atoms in total. The summed E-state index contributed by atoms with van der Waals surface area (Å²) in [5, 5.41) is 6.95. The first-order valence-corrected chi connectivity index (χ1v) is 7.56. The summed E-state index contributed by atoms with van der Waals surface area (Å²) in [6.45, 7) is 2.85. The monoisotopic (exact) mass is 285 g/mol. The first-order chi connectivity index (χ1) is 9.74. The molecule has 1 aromatic heterocycles. The van der Waals surface area contributed by atoms with Crippen molar-refractivity contribution in [1.82, 2.24) is 5.32 Å². The van der Waals surface area contributed by atoms with Gasteiger partial charge >= 0.3 is 0 Å². The zero-order chi connectivity index (χ0) is 13.9. The lowest BCUT2D eigenvalue weighted by Gasteiger charge is -2.14. The molecule has 3 aromatic rings. The molecule has 0 saturated carbocycles. The third-order valence-electron chi connectivity index (χ3n) is 3.51. The Balaban J connectivity index is 1.73. The molecule has 0 fully saturated rings. The fraction of sp³-hybridized carbons (Fsp3) is 0.176. The van der Waals surface area contributed by atoms with Crippen LogP contribution in [0, 0.1) is 5.82 Å². The Kier molecular flexibility index (Phi) is 3.81. The van der Waals surface area contributed by atoms with Crippen LogP contribution in [0.25, 0.3) is 10.1 Å². The number of nitrogens with one attached hydrogen (secondary N) is 1. The lowest BCUT2D eigenvalue weighted by Crippen LogP contribution is -2.17. The van der Waals surface area contributed by atoms with Gasteiger partial charge in [0.15, 0.2) is 0 Å². The highest BCUT2D eigenvalue weighted by Gasteiger charge is 2.08. The molecule has 0 bridgehead atoms. The van der Waals surface area contributed by atoms with Crippen molar-refractivity contribution in [3.63, 3.8) is 0 Å². The van der Waals surface area contributed by atoms with Crippen LogP contribution in [0.3, 0.4) is 0 Å². The zero-order valence-corrected chi connectivity index (χ0v) is 12.1. The molecule has 20 heavy (non-hydrogen) atoms. The molecule has 1 N–H and O–H groups in total. The van der Waals surface area contributed by atoms with Gasteiger partial charge in [-0.3, -0.25) is 0 Å². The summed E-state index contributed by atoms with van der Waals surface area (Å²) in [4.78, 5) is 0. The summed E-state index contributed by atoms with van der Waals surface area (Å²) >= 11 is 1.76. The van der Waals surface area contributed by atoms with E-state index in [9.17, 15) is 4.39 Å². The molecule has 102 valence electrons. The van der Waals surface area contributed by atoms with E-state index < -0.39 is 0 Å². The highest BCUT2D eigenvalue weighted by atomic mass is 32.1. The van der Waals surface area contributed by atoms with E-state index in [4.69, 9.17) is 0 Å². The minimum absolute atomic E-state index is 0.129. The van der Waals surface area contributed by atoms with Crippen molar-refractivity contribution < 1.29 is 4.39 Å². The van der Waals surface area contributed by atoms with Gasteiger partial charge in [-0.2, -0.15) is 0 Å². The van der Waals surface area contributed by atoms with Crippen LogP contribution in [-0.4, -0.2) is 0 Å². The maximum atomic E-state index is 13.2. The van der Waals surface area contributed by atoms with E-state index in [2.05, 4.69) is 41.9 Å². The van der Waals surface area contributed by atoms with Gasteiger partial charge in [-0.25, -0.2) is 4.39 Å². The van der Waals surface area contributed by atoms with Gasteiger partial charge in [0.25, 0.3) is 0 Å². The Morgan fingerprint density at radius 2 is 2.00 bits per heavy atom. The van der Waals surface area contributed by atoms with Crippen LogP contribution in [0.5, 0.6) is 0 Å². The van der Waals surface area contributed by atoms with Crippen LogP contribution in [0.1, 0.15) is 24.1 Å². The van der Waals surface area contributed by atoms with Crippen LogP contribution < -0.4 is 5.32 Å². The van der Waals surface area contributed by atoms with E-state index in [0.29, 0.717) is 0 Å². The summed E-state index contributed by atoms with van der Waals surface area (Å²) in [5.41, 5.74) is 2.28. The number of fused-ring (bicyclic) bond motifs is 1. The van der Waals surface area contributed by atoms with Crippen molar-refractivity contribution in [3.8, 4) is 0 Å². The first kappa shape index (κ1) is 13.3. The topological polar surface area (TPSA) is 12.0 Å². The van der Waals surface area contributed by atoms with Gasteiger partial charge in [0.1, 0.15) is 5.82 Å². The third-order valence-corrected chi connectivity index (χ3v) is 4.52. The van der Waals surface area contributed by atoms with Crippen LogP contribution in [-0.2, 0) is 6.54 Å². The average molecular weight is 285 g/mol. The molecule has 0 radical (unpaired) electrons. The van der Waals surface area contributed by atoms with Crippen LogP contribution in [0.4, 0.5) is 4.39 Å². The van der Waals surface area contributed by atoms with Crippen LogP contribution >= 0.6 is 11.3 Å². The number of thiophene rings is 1. The molecule has 0 aliphatic heterocycles. The summed E-state index contributed by atoms with van der Waals surface area (Å²) in [5.74, 6) is -0.183. The minimum atomic E-state index is -0.183. The molecular formula is C17H16FNS. The van der Waals surface area contributed by atoms with Crippen molar-refractivity contribution in [2.24, 2.45) is 0 Å². The van der Waals surface area contributed by atoms with Crippen molar-refractivity contribution in [1.29, 1.82) is 0 Å². The molecule has 1 atom stereocenters. The van der Waals surface area contributed by atoms with Gasteiger partial charge in [-0.1, -0.05) is 30.3 Å². The van der Waals surface area contributed by atoms with E-state index in [1.807, 2.05) is 6.07 Å². The molecule has 0 saturated heterocycles.